The van der Waals surface area contributed by atoms with Gasteiger partial charge in [-0.05, 0) is 46.5 Å². The maximum atomic E-state index is 10.2. The third kappa shape index (κ3) is 3.25. The smallest absolute Gasteiger partial charge is 0.124 e. The molecular weight excluding hydrogens is 252 g/mol. The Bertz CT molecular complexity index is 448. The van der Waals surface area contributed by atoms with E-state index in [4.69, 9.17) is 4.74 Å². The van der Waals surface area contributed by atoms with Crippen molar-refractivity contribution >= 4 is 0 Å². The number of aromatic hydroxyl groups is 1. The van der Waals surface area contributed by atoms with Crippen LogP contribution in [0.2, 0.25) is 0 Å². The Labute approximate surface area is 122 Å². The number of phenolic OH excluding ortho intramolecular Hbond substituents is 1. The second-order valence-corrected chi connectivity index (χ2v) is 5.86. The molecule has 0 radical (unpaired) electrons. The van der Waals surface area contributed by atoms with E-state index in [9.17, 15) is 5.11 Å². The van der Waals surface area contributed by atoms with Gasteiger partial charge < -0.3 is 14.7 Å². The lowest BCUT2D eigenvalue weighted by atomic mass is 9.99. The molecule has 1 saturated heterocycles. The molecule has 112 valence electrons. The zero-order valence-electron chi connectivity index (χ0n) is 13.0. The number of methoxy groups -OCH3 is 1. The van der Waals surface area contributed by atoms with Crippen LogP contribution < -0.4 is 4.74 Å². The van der Waals surface area contributed by atoms with Crippen LogP contribution >= 0.6 is 0 Å². The summed E-state index contributed by atoms with van der Waals surface area (Å²) in [5.74, 6) is 1.02. The highest BCUT2D eigenvalue weighted by Gasteiger charge is 2.26. The summed E-state index contributed by atoms with van der Waals surface area (Å²) in [5.41, 5.74) is 0.977. The zero-order valence-corrected chi connectivity index (χ0v) is 13.0. The van der Waals surface area contributed by atoms with Gasteiger partial charge >= 0.3 is 0 Å². The van der Waals surface area contributed by atoms with Gasteiger partial charge in [0, 0.05) is 30.3 Å². The van der Waals surface area contributed by atoms with E-state index in [0.717, 1.165) is 18.7 Å². The molecule has 0 saturated carbocycles. The van der Waals surface area contributed by atoms with Crippen LogP contribution in [0, 0.1) is 0 Å². The van der Waals surface area contributed by atoms with E-state index in [2.05, 4.69) is 30.8 Å². The minimum absolute atomic E-state index is 0.226. The molecule has 2 rings (SSSR count). The van der Waals surface area contributed by atoms with Gasteiger partial charge in [0.15, 0.2) is 0 Å². The Balaban J connectivity index is 2.12. The third-order valence-corrected chi connectivity index (χ3v) is 4.39. The highest BCUT2D eigenvalue weighted by atomic mass is 16.5. The van der Waals surface area contributed by atoms with Gasteiger partial charge in [0.1, 0.15) is 11.5 Å². The van der Waals surface area contributed by atoms with Crippen molar-refractivity contribution in [3.05, 3.63) is 23.8 Å². The van der Waals surface area contributed by atoms with Crippen molar-refractivity contribution in [3.63, 3.8) is 0 Å². The summed E-state index contributed by atoms with van der Waals surface area (Å²) in [6.07, 6.45) is 2.47. The number of rotatable bonds is 4. The zero-order chi connectivity index (χ0) is 14.7. The predicted octanol–water partition coefficient (Wildman–Crippen LogP) is 2.49. The van der Waals surface area contributed by atoms with Gasteiger partial charge in [0.2, 0.25) is 0 Å². The van der Waals surface area contributed by atoms with Crippen LogP contribution in [-0.4, -0.2) is 55.2 Å². The minimum atomic E-state index is 0.226. The maximum absolute atomic E-state index is 10.2. The quantitative estimate of drug-likeness (QED) is 0.918. The molecule has 0 amide bonds. The van der Waals surface area contributed by atoms with Crippen LogP contribution in [0.1, 0.15) is 31.4 Å². The van der Waals surface area contributed by atoms with Gasteiger partial charge in [-0.2, -0.15) is 0 Å². The second kappa shape index (κ2) is 6.46. The summed E-state index contributed by atoms with van der Waals surface area (Å²) >= 11 is 0. The van der Waals surface area contributed by atoms with E-state index in [0.29, 0.717) is 17.5 Å². The Morgan fingerprint density at radius 3 is 2.75 bits per heavy atom. The van der Waals surface area contributed by atoms with E-state index in [1.165, 1.54) is 12.8 Å². The summed E-state index contributed by atoms with van der Waals surface area (Å²) in [6, 6.07) is 6.41. The Kier molecular flexibility index (Phi) is 4.89. The monoisotopic (exact) mass is 278 g/mol. The SMILES string of the molecule is COc1ccc(C(C)N2CCCC(N(C)C)C2)c(O)c1. The van der Waals surface area contributed by atoms with Crippen molar-refractivity contribution < 1.29 is 9.84 Å². The molecule has 1 aliphatic rings. The van der Waals surface area contributed by atoms with Crippen LogP contribution in [0.4, 0.5) is 0 Å². The van der Waals surface area contributed by atoms with Crippen LogP contribution in [-0.2, 0) is 0 Å². The first-order chi connectivity index (χ1) is 9.52. The predicted molar refractivity (Wildman–Crippen MR) is 81.4 cm³/mol. The highest BCUT2D eigenvalue weighted by molar-refractivity contribution is 5.41. The van der Waals surface area contributed by atoms with Crippen molar-refractivity contribution in [1.82, 2.24) is 9.80 Å². The summed E-state index contributed by atoms with van der Waals surface area (Å²) < 4.78 is 5.14. The number of benzene rings is 1. The first-order valence-electron chi connectivity index (χ1n) is 7.30. The van der Waals surface area contributed by atoms with Gasteiger partial charge in [-0.3, -0.25) is 4.90 Å². The summed E-state index contributed by atoms with van der Waals surface area (Å²) in [5, 5.41) is 10.2. The average Bonchev–Trinajstić information content (AvgIpc) is 2.46. The number of likely N-dealkylation sites (tertiary alicyclic amines) is 1. The van der Waals surface area contributed by atoms with Crippen LogP contribution in [0.15, 0.2) is 18.2 Å². The Morgan fingerprint density at radius 1 is 1.40 bits per heavy atom. The molecule has 2 unspecified atom stereocenters. The van der Waals surface area contributed by atoms with Gasteiger partial charge in [-0.1, -0.05) is 6.07 Å². The molecule has 2 atom stereocenters. The van der Waals surface area contributed by atoms with Gasteiger partial charge in [-0.15, -0.1) is 0 Å². The van der Waals surface area contributed by atoms with Gasteiger partial charge in [-0.25, -0.2) is 0 Å². The second-order valence-electron chi connectivity index (χ2n) is 5.86. The first kappa shape index (κ1) is 15.1. The van der Waals surface area contributed by atoms with E-state index in [-0.39, 0.29) is 6.04 Å². The maximum Gasteiger partial charge on any atom is 0.124 e. The Morgan fingerprint density at radius 2 is 2.15 bits per heavy atom. The third-order valence-electron chi connectivity index (χ3n) is 4.39. The van der Waals surface area contributed by atoms with E-state index in [1.54, 1.807) is 13.2 Å². The summed E-state index contributed by atoms with van der Waals surface area (Å²) in [7, 11) is 5.90. The fourth-order valence-electron chi connectivity index (χ4n) is 2.96. The largest absolute Gasteiger partial charge is 0.507 e. The Hall–Kier alpha value is -1.26. The molecule has 0 spiro atoms. The number of nitrogens with zero attached hydrogens (tertiary/aromatic N) is 2. The molecule has 0 aromatic heterocycles. The fourth-order valence-corrected chi connectivity index (χ4v) is 2.96. The van der Waals surface area contributed by atoms with Crippen LogP contribution in [0.5, 0.6) is 11.5 Å². The first-order valence-corrected chi connectivity index (χ1v) is 7.30. The lowest BCUT2D eigenvalue weighted by Gasteiger charge is -2.39. The van der Waals surface area contributed by atoms with Crippen molar-refractivity contribution in [2.45, 2.75) is 31.8 Å². The standard InChI is InChI=1S/C16H26N2O2/c1-12(15-8-7-14(20-4)10-16(15)19)18-9-5-6-13(11-18)17(2)3/h7-8,10,12-13,19H,5-6,9,11H2,1-4H3. The lowest BCUT2D eigenvalue weighted by molar-refractivity contribution is 0.101. The van der Waals surface area contributed by atoms with Crippen LogP contribution in [0.3, 0.4) is 0 Å². The molecule has 1 aliphatic heterocycles. The topological polar surface area (TPSA) is 35.9 Å². The summed E-state index contributed by atoms with van der Waals surface area (Å²) in [4.78, 5) is 4.75. The number of phenols is 1. The minimum Gasteiger partial charge on any atom is -0.507 e. The number of likely N-dealkylation sites (N-methyl/N-ethyl adjacent to an activating group) is 1. The molecule has 1 N–H and O–H groups in total. The lowest BCUT2D eigenvalue weighted by Crippen LogP contribution is -2.45. The number of piperidine rings is 1. The van der Waals surface area contributed by atoms with Gasteiger partial charge in [0.25, 0.3) is 0 Å². The van der Waals surface area contributed by atoms with Crippen LogP contribution in [0.25, 0.3) is 0 Å². The van der Waals surface area contributed by atoms with Crippen molar-refractivity contribution in [2.75, 3.05) is 34.3 Å². The molecule has 0 bridgehead atoms. The van der Waals surface area contributed by atoms with E-state index in [1.807, 2.05) is 12.1 Å². The number of hydrogen-bond donors (Lipinski definition) is 1. The van der Waals surface area contributed by atoms with Crippen molar-refractivity contribution in [1.29, 1.82) is 0 Å². The fraction of sp³-hybridized carbons (Fsp3) is 0.625. The normalized spacial score (nSPS) is 21.9. The molecule has 20 heavy (non-hydrogen) atoms. The molecular formula is C16H26N2O2. The van der Waals surface area contributed by atoms with Crippen molar-refractivity contribution in [3.8, 4) is 11.5 Å². The molecule has 1 fully saturated rings. The molecule has 4 nitrogen and oxygen atoms in total. The van der Waals surface area contributed by atoms with E-state index < -0.39 is 0 Å². The van der Waals surface area contributed by atoms with Crippen molar-refractivity contribution in [2.24, 2.45) is 0 Å². The molecule has 1 aromatic rings. The highest BCUT2D eigenvalue weighted by Crippen LogP contribution is 2.33. The molecule has 1 heterocycles. The van der Waals surface area contributed by atoms with Gasteiger partial charge in [0.05, 0.1) is 7.11 Å². The summed E-state index contributed by atoms with van der Waals surface area (Å²) in [6.45, 7) is 4.32. The average molecular weight is 278 g/mol. The number of hydrogen-bond acceptors (Lipinski definition) is 4. The number of ether oxygens (including phenoxy) is 1. The molecule has 0 aliphatic carbocycles. The molecule has 4 heteroatoms. The molecule has 1 aromatic carbocycles. The van der Waals surface area contributed by atoms with E-state index >= 15 is 0 Å².